The molecule has 0 fully saturated rings. The number of aliphatic carboxylic acids is 3. The first-order chi connectivity index (χ1) is 31.2. The molecule has 20 nitrogen and oxygen atoms in total. The number of ether oxygens (including phenoxy) is 2. The summed E-state index contributed by atoms with van der Waals surface area (Å²) in [6, 6.07) is 11.7. The van der Waals surface area contributed by atoms with Crippen molar-refractivity contribution in [2.24, 2.45) is 52.3 Å². The molecule has 0 aliphatic carbocycles. The van der Waals surface area contributed by atoms with Crippen molar-refractivity contribution in [2.45, 2.75) is 153 Å². The average molecular weight is 975 g/mol. The quantitative estimate of drug-likeness (QED) is 0.0204. The highest BCUT2D eigenvalue weighted by molar-refractivity contribution is 6.74. The standard InChI is InChI=1S/C47H74N6O14Si/c1-26(2)45(50,41(58)59)33(54)23-22-32(67-68(10,11)44(7,8)9)31(24-29-18-14-12-15-19-29)53-66-40(57)36(49)37(47(52,28(5)6)43(62)63)65-39(56)35(48)34(46(51,27(3)4)42(60)61)38(55)64-25-30-20-16-13-17-21-30/h12-21,26-28,31-32,34-37,53H,22-25,48-52H2,1-11H3,(H,58,59)(H,60,61)(H,62,63)/t31-,32-,34+,35-,36-,37-,45-,46-,47-/m0/s1. The van der Waals surface area contributed by atoms with Crippen LogP contribution >= 0.6 is 0 Å². The molecular formula is C47H74N6O14Si. The van der Waals surface area contributed by atoms with Gasteiger partial charge >= 0.3 is 35.8 Å². The summed E-state index contributed by atoms with van der Waals surface area (Å²) in [5.74, 6) is -15.2. The van der Waals surface area contributed by atoms with Gasteiger partial charge in [-0.1, -0.05) is 123 Å². The molecule has 2 aromatic carbocycles. The van der Waals surface area contributed by atoms with Gasteiger partial charge in [0.1, 0.15) is 30.1 Å². The number of hydroxylamine groups is 1. The third-order valence-electron chi connectivity index (χ3n) is 13.3. The fraction of sp³-hybridized carbons (Fsp3) is 0.596. The van der Waals surface area contributed by atoms with Gasteiger partial charge in [-0.2, -0.15) is 0 Å². The molecule has 0 aromatic heterocycles. The first kappa shape index (κ1) is 59.0. The van der Waals surface area contributed by atoms with Gasteiger partial charge in [0.15, 0.2) is 31.3 Å². The molecular weight excluding hydrogens is 901 g/mol. The summed E-state index contributed by atoms with van der Waals surface area (Å²) in [6.07, 6.45) is -3.64. The van der Waals surface area contributed by atoms with Crippen molar-refractivity contribution < 1.29 is 67.6 Å². The van der Waals surface area contributed by atoms with Gasteiger partial charge in [-0.3, -0.25) is 24.0 Å². The van der Waals surface area contributed by atoms with E-state index < -0.39 is 121 Å². The highest BCUT2D eigenvalue weighted by atomic mass is 28.4. The van der Waals surface area contributed by atoms with E-state index in [0.717, 1.165) is 0 Å². The average Bonchev–Trinajstić information content (AvgIpc) is 3.26. The number of nitrogens with two attached hydrogens (primary N) is 5. The van der Waals surface area contributed by atoms with Crippen molar-refractivity contribution in [1.82, 2.24) is 5.48 Å². The molecule has 0 radical (unpaired) electrons. The third kappa shape index (κ3) is 13.8. The zero-order valence-corrected chi connectivity index (χ0v) is 42.0. The number of Topliss-reactive ketones (excluding diaryl/α,β-unsaturated/α-hetero) is 1. The van der Waals surface area contributed by atoms with Gasteiger partial charge in [0.05, 0.1) is 12.1 Å². The highest BCUT2D eigenvalue weighted by Gasteiger charge is 2.58. The number of hydrogen-bond acceptors (Lipinski definition) is 17. The number of carbonyl (C=O) groups is 7. The minimum atomic E-state index is -2.75. The summed E-state index contributed by atoms with van der Waals surface area (Å²) in [6.45, 7) is 17.9. The van der Waals surface area contributed by atoms with Crippen molar-refractivity contribution in [2.75, 3.05) is 0 Å². The number of rotatable bonds is 27. The number of esters is 2. The SMILES string of the molecule is CC(C)[C@@](N)(C(=O)O)C(=O)CC[C@H](O[Si](C)(C)C(C)(C)C)[C@H](Cc1ccccc1)NOC(=O)[C@@H](N)[C@H](OC(=O)[C@@H](N)[C@H](C(=O)OCc1ccccc1)[C@](N)(C(=O)O)C(C)C)[C@](N)(C(=O)O)C(C)C. The van der Waals surface area contributed by atoms with Crippen LogP contribution < -0.4 is 34.1 Å². The second kappa shape index (κ2) is 23.9. The predicted octanol–water partition coefficient (Wildman–Crippen LogP) is 2.63. The minimum Gasteiger partial charge on any atom is -0.480 e. The number of hydrogen-bond donors (Lipinski definition) is 9. The fourth-order valence-corrected chi connectivity index (χ4v) is 8.60. The molecule has 0 unspecified atom stereocenters. The van der Waals surface area contributed by atoms with E-state index in [1.807, 2.05) is 33.9 Å². The lowest BCUT2D eigenvalue weighted by molar-refractivity contribution is -0.179. The summed E-state index contributed by atoms with van der Waals surface area (Å²) < 4.78 is 17.9. The Balaban J connectivity index is 2.69. The Morgan fingerprint density at radius 2 is 1.15 bits per heavy atom. The molecule has 0 aliphatic rings. The number of nitrogens with one attached hydrogen (secondary N) is 1. The van der Waals surface area contributed by atoms with Crippen LogP contribution in [0.2, 0.25) is 18.1 Å². The van der Waals surface area contributed by atoms with Gasteiger partial charge in [0.2, 0.25) is 0 Å². The van der Waals surface area contributed by atoms with Crippen LogP contribution in [0.15, 0.2) is 60.7 Å². The zero-order chi connectivity index (χ0) is 52.3. The molecule has 0 heterocycles. The summed E-state index contributed by atoms with van der Waals surface area (Å²) >= 11 is 0. The molecule has 2 rings (SSSR count). The van der Waals surface area contributed by atoms with Gasteiger partial charge < -0.3 is 62.7 Å². The molecule has 0 aliphatic heterocycles. The Morgan fingerprint density at radius 3 is 1.57 bits per heavy atom. The molecule has 0 spiro atoms. The van der Waals surface area contributed by atoms with Crippen LogP contribution in [0, 0.1) is 23.7 Å². The predicted molar refractivity (Wildman–Crippen MR) is 253 cm³/mol. The van der Waals surface area contributed by atoms with Crippen molar-refractivity contribution in [3.05, 3.63) is 71.8 Å². The number of carbonyl (C=O) groups excluding carboxylic acids is 4. The lowest BCUT2D eigenvalue weighted by Crippen LogP contribution is -2.70. The van der Waals surface area contributed by atoms with Crippen LogP contribution in [0.1, 0.15) is 86.3 Å². The number of benzene rings is 2. The maximum Gasteiger partial charge on any atom is 0.345 e. The van der Waals surface area contributed by atoms with Crippen molar-refractivity contribution in [3.8, 4) is 0 Å². The second-order valence-corrected chi connectivity index (χ2v) is 24.6. The molecule has 0 saturated carbocycles. The van der Waals surface area contributed by atoms with Crippen LogP contribution in [0.4, 0.5) is 0 Å². The molecule has 0 saturated heterocycles. The van der Waals surface area contributed by atoms with E-state index in [1.165, 1.54) is 41.5 Å². The maximum atomic E-state index is 14.2. The fourth-order valence-electron chi connectivity index (χ4n) is 7.21. The summed E-state index contributed by atoms with van der Waals surface area (Å²) in [5.41, 5.74) is 28.3. The number of carboxylic acid groups (broad SMARTS) is 3. The van der Waals surface area contributed by atoms with Crippen molar-refractivity contribution >= 4 is 49.9 Å². The Labute approximate surface area is 399 Å². The summed E-state index contributed by atoms with van der Waals surface area (Å²) in [7, 11) is -2.75. The second-order valence-electron chi connectivity index (χ2n) is 19.8. The van der Waals surface area contributed by atoms with E-state index in [0.29, 0.717) is 11.1 Å². The molecule has 2 aromatic rings. The van der Waals surface area contributed by atoms with Crippen LogP contribution in [-0.2, 0) is 65.3 Å². The topological polar surface area (TPSA) is 359 Å². The Morgan fingerprint density at radius 1 is 0.662 bits per heavy atom. The molecule has 0 amide bonds. The molecule has 14 N–H and O–H groups in total. The molecule has 9 atom stereocenters. The first-order valence-corrected chi connectivity index (χ1v) is 25.3. The van der Waals surface area contributed by atoms with Crippen molar-refractivity contribution in [3.63, 3.8) is 0 Å². The van der Waals surface area contributed by atoms with E-state index in [1.54, 1.807) is 60.7 Å². The van der Waals surface area contributed by atoms with E-state index in [-0.39, 0.29) is 30.9 Å². The van der Waals surface area contributed by atoms with Gasteiger partial charge in [-0.05, 0) is 59.9 Å². The van der Waals surface area contributed by atoms with Crippen LogP contribution in [0.25, 0.3) is 0 Å². The molecule has 0 bridgehead atoms. The minimum absolute atomic E-state index is 0.0883. The lowest BCUT2D eigenvalue weighted by Gasteiger charge is -2.42. The van der Waals surface area contributed by atoms with Gasteiger partial charge in [-0.15, -0.1) is 5.48 Å². The maximum absolute atomic E-state index is 14.2. The summed E-state index contributed by atoms with van der Waals surface area (Å²) in [5, 5.41) is 30.5. The first-order valence-electron chi connectivity index (χ1n) is 22.4. The largest absolute Gasteiger partial charge is 0.480 e. The van der Waals surface area contributed by atoms with E-state index in [2.05, 4.69) is 5.48 Å². The Kier molecular flexibility index (Phi) is 20.8. The molecule has 21 heteroatoms. The third-order valence-corrected chi connectivity index (χ3v) is 17.8. The van der Waals surface area contributed by atoms with E-state index in [4.69, 9.17) is 47.4 Å². The van der Waals surface area contributed by atoms with Gasteiger partial charge in [0.25, 0.3) is 0 Å². The lowest BCUT2D eigenvalue weighted by atomic mass is 9.72. The van der Waals surface area contributed by atoms with Gasteiger partial charge in [-0.25, -0.2) is 9.59 Å². The molecule has 380 valence electrons. The van der Waals surface area contributed by atoms with E-state index in [9.17, 15) is 48.9 Å². The zero-order valence-electron chi connectivity index (χ0n) is 41.0. The van der Waals surface area contributed by atoms with Crippen molar-refractivity contribution in [1.29, 1.82) is 0 Å². The normalized spacial score (nSPS) is 17.6. The summed E-state index contributed by atoms with van der Waals surface area (Å²) in [4.78, 5) is 99.4. The highest BCUT2D eigenvalue weighted by Crippen LogP contribution is 2.39. The van der Waals surface area contributed by atoms with Gasteiger partial charge in [0, 0.05) is 6.42 Å². The number of ketones is 1. The molecule has 68 heavy (non-hydrogen) atoms. The monoisotopic (exact) mass is 975 g/mol. The Hall–Kier alpha value is -5.13. The van der Waals surface area contributed by atoms with E-state index >= 15 is 0 Å². The van der Waals surface area contributed by atoms with Crippen LogP contribution in [0.5, 0.6) is 0 Å². The van der Waals surface area contributed by atoms with Crippen LogP contribution in [0.3, 0.4) is 0 Å². The smallest absolute Gasteiger partial charge is 0.345 e. The van der Waals surface area contributed by atoms with Crippen LogP contribution in [-0.4, -0.2) is 112 Å². The number of carboxylic acids is 3. The Bertz CT molecular complexity index is 2070.